The molecule has 2 heterocycles. The second-order valence-electron chi connectivity index (χ2n) is 4.81. The Labute approximate surface area is 119 Å². The fourth-order valence-corrected chi connectivity index (χ4v) is 2.21. The van der Waals surface area contributed by atoms with Crippen LogP contribution in [0.15, 0.2) is 34.9 Å². The predicted molar refractivity (Wildman–Crippen MR) is 77.5 cm³/mol. The lowest BCUT2D eigenvalue weighted by atomic mass is 10.1. The molecule has 0 spiro atoms. The molecule has 5 heteroatoms. The molecule has 0 radical (unpaired) electrons. The number of aryl methyl sites for hydroxylation is 1. The lowest BCUT2D eigenvalue weighted by Gasteiger charge is -2.26. The van der Waals surface area contributed by atoms with Crippen molar-refractivity contribution in [2.24, 2.45) is 5.73 Å². The molecule has 0 aliphatic carbocycles. The number of hydrogen-bond donors (Lipinski definition) is 1. The topological polar surface area (TPSA) is 64.5 Å². The fourth-order valence-electron chi connectivity index (χ4n) is 2.21. The van der Waals surface area contributed by atoms with Gasteiger partial charge in [0.05, 0.1) is 13.7 Å². The molecule has 0 fully saturated rings. The summed E-state index contributed by atoms with van der Waals surface area (Å²) in [5.41, 5.74) is 6.97. The van der Waals surface area contributed by atoms with Gasteiger partial charge in [-0.25, -0.2) is 4.98 Å². The van der Waals surface area contributed by atoms with Gasteiger partial charge in [-0.15, -0.1) is 0 Å². The summed E-state index contributed by atoms with van der Waals surface area (Å²) in [7, 11) is 3.63. The molecule has 20 heavy (non-hydrogen) atoms. The molecule has 1 unspecified atom stereocenters. The fraction of sp³-hybridized carbons (Fsp3) is 0.400. The van der Waals surface area contributed by atoms with Crippen molar-refractivity contribution in [3.05, 3.63) is 47.5 Å². The number of nitrogens with zero attached hydrogens (tertiary/aromatic N) is 2. The SMILES string of the molecule is COc1ccc(C(CN)N(C)Cc2ccc(C)o2)cn1. The summed E-state index contributed by atoms with van der Waals surface area (Å²) in [6.07, 6.45) is 1.81. The van der Waals surface area contributed by atoms with E-state index in [0.29, 0.717) is 19.0 Å². The molecule has 2 N–H and O–H groups in total. The number of nitrogens with two attached hydrogens (primary N) is 1. The summed E-state index contributed by atoms with van der Waals surface area (Å²) in [6, 6.07) is 7.90. The molecule has 2 aromatic rings. The van der Waals surface area contributed by atoms with Crippen LogP contribution in [0, 0.1) is 6.92 Å². The second-order valence-corrected chi connectivity index (χ2v) is 4.81. The van der Waals surface area contributed by atoms with Gasteiger partial charge < -0.3 is 14.9 Å². The summed E-state index contributed by atoms with van der Waals surface area (Å²) in [6.45, 7) is 3.17. The Morgan fingerprint density at radius 1 is 1.35 bits per heavy atom. The maximum atomic E-state index is 5.90. The average Bonchev–Trinajstić information content (AvgIpc) is 2.85. The third-order valence-electron chi connectivity index (χ3n) is 3.31. The molecule has 1 atom stereocenters. The quantitative estimate of drug-likeness (QED) is 0.875. The molecule has 5 nitrogen and oxygen atoms in total. The molecule has 0 aromatic carbocycles. The van der Waals surface area contributed by atoms with Crippen LogP contribution in [-0.4, -0.2) is 30.6 Å². The second kappa shape index (κ2) is 6.54. The summed E-state index contributed by atoms with van der Waals surface area (Å²) in [5.74, 6) is 2.46. The highest BCUT2D eigenvalue weighted by Crippen LogP contribution is 2.21. The molecule has 0 bridgehead atoms. The van der Waals surface area contributed by atoms with Crippen molar-refractivity contribution in [2.45, 2.75) is 19.5 Å². The number of ether oxygens (including phenoxy) is 1. The summed E-state index contributed by atoms with van der Waals surface area (Å²) < 4.78 is 10.7. The van der Waals surface area contributed by atoms with Crippen LogP contribution < -0.4 is 10.5 Å². The smallest absolute Gasteiger partial charge is 0.212 e. The van der Waals surface area contributed by atoms with Crippen molar-refractivity contribution in [3.8, 4) is 5.88 Å². The van der Waals surface area contributed by atoms with Gasteiger partial charge in [-0.05, 0) is 31.7 Å². The van der Waals surface area contributed by atoms with Crippen molar-refractivity contribution in [1.29, 1.82) is 0 Å². The van der Waals surface area contributed by atoms with Gasteiger partial charge >= 0.3 is 0 Å². The van der Waals surface area contributed by atoms with Crippen LogP contribution >= 0.6 is 0 Å². The third kappa shape index (κ3) is 3.37. The summed E-state index contributed by atoms with van der Waals surface area (Å²) >= 11 is 0. The van der Waals surface area contributed by atoms with Crippen molar-refractivity contribution in [3.63, 3.8) is 0 Å². The number of hydrogen-bond acceptors (Lipinski definition) is 5. The first-order chi connectivity index (χ1) is 9.63. The highest BCUT2D eigenvalue weighted by atomic mass is 16.5. The highest BCUT2D eigenvalue weighted by Gasteiger charge is 2.17. The van der Waals surface area contributed by atoms with E-state index in [2.05, 4.69) is 9.88 Å². The van der Waals surface area contributed by atoms with Crippen LogP contribution in [-0.2, 0) is 6.54 Å². The minimum Gasteiger partial charge on any atom is -0.481 e. The van der Waals surface area contributed by atoms with E-state index in [0.717, 1.165) is 17.1 Å². The zero-order valence-corrected chi connectivity index (χ0v) is 12.2. The molecule has 2 rings (SSSR count). The third-order valence-corrected chi connectivity index (χ3v) is 3.31. The maximum absolute atomic E-state index is 5.90. The van der Waals surface area contributed by atoms with Gasteiger partial charge in [0, 0.05) is 24.8 Å². The Morgan fingerprint density at radius 3 is 2.65 bits per heavy atom. The van der Waals surface area contributed by atoms with E-state index in [1.807, 2.05) is 38.2 Å². The molecule has 0 saturated carbocycles. The van der Waals surface area contributed by atoms with Crippen LogP contribution in [0.1, 0.15) is 23.1 Å². The van der Waals surface area contributed by atoms with Crippen molar-refractivity contribution in [2.75, 3.05) is 20.7 Å². The Morgan fingerprint density at radius 2 is 2.15 bits per heavy atom. The predicted octanol–water partition coefficient (Wildman–Crippen LogP) is 2.12. The Kier molecular flexibility index (Phi) is 4.76. The molecule has 0 aliphatic heterocycles. The molecule has 108 valence electrons. The van der Waals surface area contributed by atoms with Gasteiger partial charge in [0.2, 0.25) is 5.88 Å². The molecule has 0 amide bonds. The molecule has 2 aromatic heterocycles. The zero-order chi connectivity index (χ0) is 14.5. The van der Waals surface area contributed by atoms with E-state index in [-0.39, 0.29) is 6.04 Å². The van der Waals surface area contributed by atoms with E-state index in [9.17, 15) is 0 Å². The van der Waals surface area contributed by atoms with Gasteiger partial charge in [0.25, 0.3) is 0 Å². The Balaban J connectivity index is 2.09. The number of pyridine rings is 1. The first-order valence-corrected chi connectivity index (χ1v) is 6.59. The number of aromatic nitrogens is 1. The molecular formula is C15H21N3O2. The van der Waals surface area contributed by atoms with Crippen LogP contribution in [0.25, 0.3) is 0 Å². The van der Waals surface area contributed by atoms with Gasteiger partial charge in [0.15, 0.2) is 0 Å². The molecule has 0 aliphatic rings. The van der Waals surface area contributed by atoms with Gasteiger partial charge in [-0.2, -0.15) is 0 Å². The van der Waals surface area contributed by atoms with Crippen LogP contribution in [0.5, 0.6) is 5.88 Å². The van der Waals surface area contributed by atoms with Crippen molar-refractivity contribution >= 4 is 0 Å². The molecular weight excluding hydrogens is 254 g/mol. The van der Waals surface area contributed by atoms with Crippen molar-refractivity contribution in [1.82, 2.24) is 9.88 Å². The Hall–Kier alpha value is -1.85. The van der Waals surface area contributed by atoms with Gasteiger partial charge in [0.1, 0.15) is 11.5 Å². The number of methoxy groups -OCH3 is 1. The van der Waals surface area contributed by atoms with Crippen LogP contribution in [0.4, 0.5) is 0 Å². The minimum atomic E-state index is 0.0961. The largest absolute Gasteiger partial charge is 0.481 e. The van der Waals surface area contributed by atoms with Crippen LogP contribution in [0.2, 0.25) is 0 Å². The van der Waals surface area contributed by atoms with Crippen LogP contribution in [0.3, 0.4) is 0 Å². The monoisotopic (exact) mass is 275 g/mol. The maximum Gasteiger partial charge on any atom is 0.212 e. The van der Waals surface area contributed by atoms with E-state index < -0.39 is 0 Å². The number of likely N-dealkylation sites (N-methyl/N-ethyl adjacent to an activating group) is 1. The Bertz CT molecular complexity index is 536. The summed E-state index contributed by atoms with van der Waals surface area (Å²) in [5, 5.41) is 0. The zero-order valence-electron chi connectivity index (χ0n) is 12.2. The lowest BCUT2D eigenvalue weighted by molar-refractivity contribution is 0.221. The number of rotatable bonds is 6. The van der Waals surface area contributed by atoms with E-state index in [1.54, 1.807) is 13.3 Å². The van der Waals surface area contributed by atoms with Gasteiger partial charge in [-0.1, -0.05) is 6.07 Å². The molecule has 0 saturated heterocycles. The first-order valence-electron chi connectivity index (χ1n) is 6.59. The van der Waals surface area contributed by atoms with E-state index in [1.165, 1.54) is 0 Å². The summed E-state index contributed by atoms with van der Waals surface area (Å²) in [4.78, 5) is 6.39. The normalized spacial score (nSPS) is 12.7. The van der Waals surface area contributed by atoms with Gasteiger partial charge in [-0.3, -0.25) is 4.90 Å². The van der Waals surface area contributed by atoms with E-state index in [4.69, 9.17) is 14.9 Å². The minimum absolute atomic E-state index is 0.0961. The van der Waals surface area contributed by atoms with E-state index >= 15 is 0 Å². The lowest BCUT2D eigenvalue weighted by Crippen LogP contribution is -2.30. The first kappa shape index (κ1) is 14.6. The van der Waals surface area contributed by atoms with Crippen molar-refractivity contribution < 1.29 is 9.15 Å². The average molecular weight is 275 g/mol. The highest BCUT2D eigenvalue weighted by molar-refractivity contribution is 5.21. The number of furan rings is 1. The standard InChI is InChI=1S/C15H21N3O2/c1-11-4-6-13(20-11)10-18(2)14(8-16)12-5-7-15(19-3)17-9-12/h4-7,9,14H,8,10,16H2,1-3H3.